The first-order chi connectivity index (χ1) is 8.07. The fourth-order valence-corrected chi connectivity index (χ4v) is 0.543. The van der Waals surface area contributed by atoms with Gasteiger partial charge in [-0.3, -0.25) is 9.59 Å². The van der Waals surface area contributed by atoms with Gasteiger partial charge in [-0.25, -0.2) is 0 Å². The fourth-order valence-electron chi connectivity index (χ4n) is 0.543. The summed E-state index contributed by atoms with van der Waals surface area (Å²) in [5, 5.41) is 35.4. The quantitative estimate of drug-likeness (QED) is 0.338. The van der Waals surface area contributed by atoms with Crippen LogP contribution >= 0.6 is 0 Å². The minimum absolute atomic E-state index is 0. The van der Waals surface area contributed by atoms with Crippen LogP contribution in [0.3, 0.4) is 0 Å². The Balaban J connectivity index is -0.000000116. The molecule has 20 heavy (non-hydrogen) atoms. The van der Waals surface area contributed by atoms with Crippen LogP contribution in [-0.4, -0.2) is 74.7 Å². The zero-order valence-electron chi connectivity index (χ0n) is 10.3. The summed E-state index contributed by atoms with van der Waals surface area (Å²) in [4.78, 5) is 39.0. The molecule has 0 saturated carbocycles. The van der Waals surface area contributed by atoms with Crippen LogP contribution in [0.5, 0.6) is 0 Å². The summed E-state index contributed by atoms with van der Waals surface area (Å²) in [5.41, 5.74) is 9.55. The van der Waals surface area contributed by atoms with Crippen LogP contribution in [-0.2, 0) is 19.2 Å². The van der Waals surface area contributed by atoms with Crippen LogP contribution in [0.1, 0.15) is 12.8 Å². The van der Waals surface area contributed by atoms with Crippen molar-refractivity contribution in [3.63, 3.8) is 0 Å². The van der Waals surface area contributed by atoms with Crippen molar-refractivity contribution in [3.8, 4) is 0 Å². The summed E-state index contributed by atoms with van der Waals surface area (Å²) in [6.07, 6.45) is -1.19. The Hall–Kier alpha value is -1.47. The molecule has 0 aromatic carbocycles. The number of nitrogens with two attached hydrogens (primary N) is 2. The van der Waals surface area contributed by atoms with Gasteiger partial charge in [0.1, 0.15) is 0 Å². The first-order valence-electron chi connectivity index (χ1n) is 4.44. The molecule has 12 heteroatoms. The molecule has 0 saturated heterocycles. The normalized spacial score (nSPS) is 11.3. The predicted octanol–water partition coefficient (Wildman–Crippen LogP) is -6.13. The second-order valence-electron chi connectivity index (χ2n) is 3.05. The molecule has 11 nitrogen and oxygen atoms in total. The number of carboxylic acid groups (broad SMARTS) is 4. The van der Waals surface area contributed by atoms with Crippen LogP contribution in [0.4, 0.5) is 0 Å². The third kappa shape index (κ3) is 18.9. The molecule has 0 aliphatic heterocycles. The monoisotopic (exact) mass is 306 g/mol. The number of aliphatic carboxylic acids is 4. The fraction of sp³-hybridized carbons (Fsp3) is 0.500. The Kier molecular flexibility index (Phi) is 18.8. The second-order valence-corrected chi connectivity index (χ2v) is 3.05. The zero-order chi connectivity index (χ0) is 14.9. The first-order valence-corrected chi connectivity index (χ1v) is 4.44. The molecule has 0 radical (unpaired) electrons. The molecule has 0 aromatic heterocycles. The summed E-state index contributed by atoms with van der Waals surface area (Å²) in [6, 6.07) is -2.80. The van der Waals surface area contributed by atoms with E-state index in [1.54, 1.807) is 0 Å². The summed E-state index contributed by atoms with van der Waals surface area (Å²) in [6.45, 7) is 0. The minimum Gasteiger partial charge on any atom is -0.548 e. The number of carbonyl (C=O) groups excluding carboxylic acids is 2. The number of carboxylic acids is 4. The average Bonchev–Trinajstić information content (AvgIpc) is 2.16. The minimum atomic E-state index is -1.54. The Labute approximate surface area is 129 Å². The molecular formula is C8H14MgN2O9. The summed E-state index contributed by atoms with van der Waals surface area (Å²) in [5.74, 6) is -5.58. The molecule has 0 fully saturated rings. The van der Waals surface area contributed by atoms with Crippen LogP contribution in [0, 0.1) is 0 Å². The molecule has 112 valence electrons. The van der Waals surface area contributed by atoms with Gasteiger partial charge in [0.2, 0.25) is 0 Å². The molecule has 0 rings (SSSR count). The van der Waals surface area contributed by atoms with Crippen molar-refractivity contribution in [2.75, 3.05) is 0 Å². The van der Waals surface area contributed by atoms with Crippen LogP contribution in [0.15, 0.2) is 0 Å². The topological polar surface area (TPSA) is 238 Å². The van der Waals surface area contributed by atoms with E-state index in [-0.39, 0.29) is 28.5 Å². The van der Waals surface area contributed by atoms with E-state index >= 15 is 0 Å². The third-order valence-electron chi connectivity index (χ3n) is 1.39. The SMILES string of the molecule is NC(CC(=O)O)C(=O)[O-].NC(CC(=O)O)C(=O)[O-].O.[Mg+2]. The van der Waals surface area contributed by atoms with E-state index in [1.807, 2.05) is 0 Å². The van der Waals surface area contributed by atoms with Gasteiger partial charge in [0.25, 0.3) is 0 Å². The van der Waals surface area contributed by atoms with Gasteiger partial charge >= 0.3 is 35.0 Å². The van der Waals surface area contributed by atoms with E-state index in [0.29, 0.717) is 0 Å². The van der Waals surface area contributed by atoms with E-state index in [4.69, 9.17) is 21.7 Å². The van der Waals surface area contributed by atoms with Gasteiger partial charge in [0, 0.05) is 0 Å². The standard InChI is InChI=1S/2C4H7NO4.Mg.H2O/c2*5-2(4(8)9)1-3(6)7;;/h2*2H,1,5H2,(H,6,7)(H,8,9);;1H2/q;;+2;/p-2. The van der Waals surface area contributed by atoms with Gasteiger partial charge in [0.15, 0.2) is 0 Å². The molecule has 0 spiro atoms. The van der Waals surface area contributed by atoms with Crippen molar-refractivity contribution in [1.82, 2.24) is 0 Å². The van der Waals surface area contributed by atoms with E-state index < -0.39 is 48.8 Å². The average molecular weight is 307 g/mol. The van der Waals surface area contributed by atoms with Crippen molar-refractivity contribution in [2.45, 2.75) is 24.9 Å². The van der Waals surface area contributed by atoms with E-state index in [0.717, 1.165) is 0 Å². The summed E-state index contributed by atoms with van der Waals surface area (Å²) < 4.78 is 0. The van der Waals surface area contributed by atoms with Gasteiger partial charge in [-0.1, -0.05) is 0 Å². The van der Waals surface area contributed by atoms with Gasteiger partial charge in [0.05, 0.1) is 36.9 Å². The van der Waals surface area contributed by atoms with Gasteiger partial charge in [-0.2, -0.15) is 0 Å². The van der Waals surface area contributed by atoms with E-state index in [1.165, 1.54) is 0 Å². The van der Waals surface area contributed by atoms with Crippen molar-refractivity contribution >= 4 is 46.9 Å². The predicted molar refractivity (Wildman–Crippen MR) is 59.8 cm³/mol. The van der Waals surface area contributed by atoms with E-state index in [9.17, 15) is 29.4 Å². The zero-order valence-corrected chi connectivity index (χ0v) is 11.7. The third-order valence-corrected chi connectivity index (χ3v) is 1.39. The number of rotatable bonds is 6. The maximum absolute atomic E-state index is 9.74. The number of hydrogen-bond donors (Lipinski definition) is 4. The Morgan fingerprint density at radius 2 is 1.05 bits per heavy atom. The molecule has 0 heterocycles. The Morgan fingerprint density at radius 1 is 0.850 bits per heavy atom. The molecule has 2 unspecified atom stereocenters. The summed E-state index contributed by atoms with van der Waals surface area (Å²) >= 11 is 0. The maximum Gasteiger partial charge on any atom is 2.00 e. The van der Waals surface area contributed by atoms with Gasteiger partial charge in [-0.05, 0) is 0 Å². The molecule has 0 aliphatic carbocycles. The maximum atomic E-state index is 9.74. The molecular weight excluding hydrogens is 292 g/mol. The number of carbonyl (C=O) groups is 4. The molecule has 2 atom stereocenters. The van der Waals surface area contributed by atoms with Crippen molar-refractivity contribution in [3.05, 3.63) is 0 Å². The van der Waals surface area contributed by atoms with Gasteiger partial charge in [-0.15, -0.1) is 0 Å². The largest absolute Gasteiger partial charge is 2.00 e. The smallest absolute Gasteiger partial charge is 0.548 e. The second kappa shape index (κ2) is 13.9. The van der Waals surface area contributed by atoms with Crippen molar-refractivity contribution in [1.29, 1.82) is 0 Å². The molecule has 8 N–H and O–H groups in total. The van der Waals surface area contributed by atoms with Crippen molar-refractivity contribution in [2.24, 2.45) is 11.5 Å². The van der Waals surface area contributed by atoms with Crippen LogP contribution in [0.2, 0.25) is 0 Å². The Bertz CT molecular complexity index is 304. The van der Waals surface area contributed by atoms with Gasteiger partial charge < -0.3 is 47.0 Å². The molecule has 0 aromatic rings. The molecule has 0 amide bonds. The first kappa shape index (κ1) is 27.0. The van der Waals surface area contributed by atoms with Crippen LogP contribution < -0.4 is 21.7 Å². The van der Waals surface area contributed by atoms with E-state index in [2.05, 4.69) is 0 Å². The Morgan fingerprint density at radius 3 is 1.10 bits per heavy atom. The molecule has 0 bridgehead atoms. The summed E-state index contributed by atoms with van der Waals surface area (Å²) in [7, 11) is 0. The molecule has 0 aliphatic rings. The van der Waals surface area contributed by atoms with Crippen LogP contribution in [0.25, 0.3) is 0 Å². The number of hydrogen-bond acceptors (Lipinski definition) is 8. The van der Waals surface area contributed by atoms with Crippen molar-refractivity contribution < 1.29 is 45.1 Å².